The van der Waals surface area contributed by atoms with Crippen LogP contribution in [0.15, 0.2) is 259 Å². The van der Waals surface area contributed by atoms with E-state index >= 15 is 0 Å². The van der Waals surface area contributed by atoms with Gasteiger partial charge in [-0.2, -0.15) is 0 Å². The topological polar surface area (TPSA) is 21.3 Å². The van der Waals surface area contributed by atoms with E-state index in [1.54, 1.807) is 0 Å². The van der Waals surface area contributed by atoms with Crippen LogP contribution in [0.3, 0.4) is 0 Å². The van der Waals surface area contributed by atoms with Crippen LogP contribution in [0.4, 0.5) is 17.1 Å². The minimum atomic E-state index is -2.73. The van der Waals surface area contributed by atoms with Crippen LogP contribution in [0.1, 0.15) is 0 Å². The second kappa shape index (κ2) is 15.6. The van der Waals surface area contributed by atoms with E-state index in [2.05, 4.69) is 258 Å². The molecule has 0 amide bonds. The molecule has 0 N–H and O–H groups in total. The fraction of sp³-hybridized carbons (Fsp3) is 0. The summed E-state index contributed by atoms with van der Waals surface area (Å²) in [6.45, 7) is 0. The summed E-state index contributed by atoms with van der Waals surface area (Å²) in [6.07, 6.45) is 0. The second-order valence-electron chi connectivity index (χ2n) is 16.4. The Labute approximate surface area is 373 Å². The number of rotatable bonds is 9. The highest BCUT2D eigenvalue weighted by molar-refractivity contribution is 7.19. The SMILES string of the molecule is c1ccc(-n2c3ccccc3c3c(-c4ccc(N(c5ccc([Si](c6ccccc6)(c6ccccc6)c6ccccc6)cc5)c5cccc6oc7ccccc7c56)cc4)cccc32)cc1. The summed E-state index contributed by atoms with van der Waals surface area (Å²) in [6, 6.07) is 92.8. The Morgan fingerprint density at radius 2 is 0.828 bits per heavy atom. The zero-order valence-electron chi connectivity index (χ0n) is 35.1. The largest absolute Gasteiger partial charge is 0.456 e. The van der Waals surface area contributed by atoms with E-state index in [0.29, 0.717) is 0 Å². The molecule has 0 aliphatic rings. The standard InChI is InChI=1S/C60H42N2OSi/c1-5-19-44(20-6-1)62-54-30-15-13-27-52(54)59-51(29-17-31-55(59)62)43-35-37-45(38-36-43)61(56-32-18-34-58-60(56)53-28-14-16-33-57(53)63-58)46-39-41-50(42-40-46)64(47-21-7-2-8-22-47,48-23-9-3-10-24-48)49-25-11-4-12-26-49/h1-42H. The maximum atomic E-state index is 6.49. The van der Waals surface area contributed by atoms with Crippen molar-refractivity contribution in [1.29, 1.82) is 0 Å². The minimum absolute atomic E-state index is 0.863. The second-order valence-corrected chi connectivity index (χ2v) is 20.2. The Kier molecular flexibility index (Phi) is 9.17. The molecule has 3 nitrogen and oxygen atoms in total. The van der Waals surface area contributed by atoms with Crippen LogP contribution >= 0.6 is 0 Å². The van der Waals surface area contributed by atoms with Gasteiger partial charge < -0.3 is 13.9 Å². The van der Waals surface area contributed by atoms with E-state index < -0.39 is 8.07 Å². The molecule has 10 aromatic carbocycles. The summed E-state index contributed by atoms with van der Waals surface area (Å²) in [4.78, 5) is 2.40. The first-order chi connectivity index (χ1) is 31.8. The molecule has 0 atom stereocenters. The van der Waals surface area contributed by atoms with Crippen molar-refractivity contribution in [3.63, 3.8) is 0 Å². The molecule has 12 aromatic rings. The average Bonchev–Trinajstić information content (AvgIpc) is 3.93. The summed E-state index contributed by atoms with van der Waals surface area (Å²) in [5, 5.41) is 10.0. The number of furan rings is 1. The Morgan fingerprint density at radius 3 is 1.47 bits per heavy atom. The van der Waals surface area contributed by atoms with Gasteiger partial charge in [0.15, 0.2) is 8.07 Å². The van der Waals surface area contributed by atoms with Crippen LogP contribution in [0.2, 0.25) is 0 Å². The number of para-hydroxylation sites is 3. The smallest absolute Gasteiger partial charge is 0.179 e. The predicted octanol–water partition coefficient (Wildman–Crippen LogP) is 13.2. The Bertz CT molecular complexity index is 3490. The lowest BCUT2D eigenvalue weighted by Crippen LogP contribution is -2.74. The molecule has 0 fully saturated rings. The van der Waals surface area contributed by atoms with E-state index in [1.165, 1.54) is 48.1 Å². The van der Waals surface area contributed by atoms with Crippen molar-refractivity contribution >= 4 is 89.6 Å². The summed E-state index contributed by atoms with van der Waals surface area (Å²) < 4.78 is 8.87. The lowest BCUT2D eigenvalue weighted by Gasteiger charge is -2.35. The van der Waals surface area contributed by atoms with Gasteiger partial charge in [0.25, 0.3) is 0 Å². The first-order valence-corrected chi connectivity index (χ1v) is 23.9. The van der Waals surface area contributed by atoms with Gasteiger partial charge in [-0.15, -0.1) is 0 Å². The van der Waals surface area contributed by atoms with Gasteiger partial charge >= 0.3 is 0 Å². The fourth-order valence-electron chi connectivity index (χ4n) is 10.2. The normalized spacial score (nSPS) is 11.8. The van der Waals surface area contributed by atoms with Crippen molar-refractivity contribution in [2.24, 2.45) is 0 Å². The summed E-state index contributed by atoms with van der Waals surface area (Å²) in [5.41, 5.74) is 10.8. The third-order valence-electron chi connectivity index (χ3n) is 12.9. The number of nitrogens with zero attached hydrogens (tertiary/aromatic N) is 2. The van der Waals surface area contributed by atoms with E-state index in [4.69, 9.17) is 4.42 Å². The van der Waals surface area contributed by atoms with E-state index in [-0.39, 0.29) is 0 Å². The van der Waals surface area contributed by atoms with Gasteiger partial charge in [0.05, 0.1) is 22.1 Å². The van der Waals surface area contributed by atoms with Gasteiger partial charge in [0, 0.05) is 33.2 Å². The predicted molar refractivity (Wildman–Crippen MR) is 272 cm³/mol. The molecule has 0 saturated carbocycles. The first-order valence-electron chi connectivity index (χ1n) is 21.9. The number of benzene rings is 10. The third-order valence-corrected chi connectivity index (χ3v) is 17.7. The Hall–Kier alpha value is -8.18. The van der Waals surface area contributed by atoms with Crippen LogP contribution in [-0.2, 0) is 0 Å². The molecule has 64 heavy (non-hydrogen) atoms. The molecular formula is C60H42N2OSi. The van der Waals surface area contributed by atoms with Crippen molar-refractivity contribution in [2.45, 2.75) is 0 Å². The van der Waals surface area contributed by atoms with Crippen molar-refractivity contribution in [3.05, 3.63) is 255 Å². The zero-order chi connectivity index (χ0) is 42.5. The van der Waals surface area contributed by atoms with Crippen molar-refractivity contribution in [3.8, 4) is 16.8 Å². The van der Waals surface area contributed by atoms with Crippen LogP contribution in [0.5, 0.6) is 0 Å². The van der Waals surface area contributed by atoms with Crippen LogP contribution in [-0.4, -0.2) is 12.6 Å². The Morgan fingerprint density at radius 1 is 0.344 bits per heavy atom. The molecule has 0 saturated heterocycles. The quantitative estimate of drug-likeness (QED) is 0.107. The van der Waals surface area contributed by atoms with E-state index in [1.807, 2.05) is 6.07 Å². The lowest BCUT2D eigenvalue weighted by molar-refractivity contribution is 0.669. The van der Waals surface area contributed by atoms with Gasteiger partial charge in [-0.25, -0.2) is 0 Å². The molecule has 0 aliphatic heterocycles. The van der Waals surface area contributed by atoms with Crippen LogP contribution in [0.25, 0.3) is 60.6 Å². The molecule has 0 aliphatic carbocycles. The van der Waals surface area contributed by atoms with Crippen molar-refractivity contribution < 1.29 is 4.42 Å². The highest BCUT2D eigenvalue weighted by Gasteiger charge is 2.41. The molecule has 0 bridgehead atoms. The summed E-state index contributed by atoms with van der Waals surface area (Å²) in [7, 11) is -2.73. The zero-order valence-corrected chi connectivity index (χ0v) is 36.1. The minimum Gasteiger partial charge on any atom is -0.456 e. The lowest BCUT2D eigenvalue weighted by atomic mass is 9.99. The van der Waals surface area contributed by atoms with Crippen LogP contribution < -0.4 is 25.6 Å². The molecule has 302 valence electrons. The number of aromatic nitrogens is 1. The Balaban J connectivity index is 1.04. The van der Waals surface area contributed by atoms with Gasteiger partial charge in [-0.1, -0.05) is 188 Å². The maximum absolute atomic E-state index is 6.49. The van der Waals surface area contributed by atoms with Crippen LogP contribution in [0, 0.1) is 0 Å². The van der Waals surface area contributed by atoms with Crippen molar-refractivity contribution in [1.82, 2.24) is 4.57 Å². The molecular weight excluding hydrogens is 793 g/mol. The molecule has 2 aromatic heterocycles. The summed E-state index contributed by atoms with van der Waals surface area (Å²) in [5.74, 6) is 0. The van der Waals surface area contributed by atoms with Gasteiger partial charge in [0.2, 0.25) is 0 Å². The highest BCUT2D eigenvalue weighted by atomic mass is 28.3. The number of hydrogen-bond acceptors (Lipinski definition) is 2. The molecule has 0 unspecified atom stereocenters. The van der Waals surface area contributed by atoms with Crippen molar-refractivity contribution in [2.75, 3.05) is 4.90 Å². The molecule has 4 heteroatoms. The molecule has 0 radical (unpaired) electrons. The molecule has 0 spiro atoms. The van der Waals surface area contributed by atoms with Gasteiger partial charge in [-0.3, -0.25) is 0 Å². The van der Waals surface area contributed by atoms with Gasteiger partial charge in [-0.05, 0) is 98.6 Å². The summed E-state index contributed by atoms with van der Waals surface area (Å²) >= 11 is 0. The number of hydrogen-bond donors (Lipinski definition) is 0. The number of fused-ring (bicyclic) bond motifs is 6. The molecule has 12 rings (SSSR count). The highest BCUT2D eigenvalue weighted by Crippen LogP contribution is 2.44. The monoisotopic (exact) mass is 834 g/mol. The van der Waals surface area contributed by atoms with E-state index in [0.717, 1.165) is 50.3 Å². The number of anilines is 3. The average molecular weight is 835 g/mol. The maximum Gasteiger partial charge on any atom is 0.179 e. The van der Waals surface area contributed by atoms with E-state index in [9.17, 15) is 0 Å². The third kappa shape index (κ3) is 6.03. The first kappa shape index (κ1) is 37.6. The fourth-order valence-corrected chi connectivity index (χ4v) is 14.9. The van der Waals surface area contributed by atoms with Gasteiger partial charge in [0.1, 0.15) is 11.2 Å². The molecule has 2 heterocycles.